The van der Waals surface area contributed by atoms with Crippen molar-refractivity contribution in [3.8, 4) is 11.3 Å². The van der Waals surface area contributed by atoms with E-state index in [-0.39, 0.29) is 5.78 Å². The van der Waals surface area contributed by atoms with E-state index in [1.807, 2.05) is 49.4 Å². The van der Waals surface area contributed by atoms with Gasteiger partial charge in [-0.05, 0) is 45.0 Å². The first-order valence-corrected chi connectivity index (χ1v) is 10.9. The van der Waals surface area contributed by atoms with Crippen LogP contribution in [-0.4, -0.2) is 28.7 Å². The molecule has 0 aliphatic rings. The van der Waals surface area contributed by atoms with Crippen molar-refractivity contribution in [3.63, 3.8) is 0 Å². The van der Waals surface area contributed by atoms with E-state index < -0.39 is 18.0 Å². The van der Waals surface area contributed by atoms with Gasteiger partial charge in [-0.1, -0.05) is 60.2 Å². The van der Waals surface area contributed by atoms with Crippen molar-refractivity contribution in [2.24, 2.45) is 0 Å². The minimum Gasteiger partial charge on any atom is -0.449 e. The largest absolute Gasteiger partial charge is 0.449 e. The molecule has 0 fully saturated rings. The second kappa shape index (κ2) is 9.67. The predicted octanol–water partition coefficient (Wildman–Crippen LogP) is 5.60. The number of carbonyl (C=O) groups excluding carboxylic acids is 3. The Kier molecular flexibility index (Phi) is 6.50. The third kappa shape index (κ3) is 5.02. The molecule has 1 amide bonds. The highest BCUT2D eigenvalue weighted by Crippen LogP contribution is 2.26. The Balaban J connectivity index is 1.58. The monoisotopic (exact) mass is 452 g/mol. The summed E-state index contributed by atoms with van der Waals surface area (Å²) in [7, 11) is 0. The number of ether oxygens (including phenoxy) is 1. The van der Waals surface area contributed by atoms with Gasteiger partial charge in [0, 0.05) is 22.2 Å². The molecule has 6 heteroatoms. The van der Waals surface area contributed by atoms with Crippen molar-refractivity contribution in [3.05, 3.63) is 95.6 Å². The molecule has 1 heterocycles. The Morgan fingerprint density at radius 1 is 0.912 bits per heavy atom. The van der Waals surface area contributed by atoms with Crippen LogP contribution in [-0.2, 0) is 9.53 Å². The van der Waals surface area contributed by atoms with Crippen LogP contribution in [0.5, 0.6) is 0 Å². The molecule has 0 aliphatic carbocycles. The summed E-state index contributed by atoms with van der Waals surface area (Å²) < 4.78 is 5.52. The molecule has 0 unspecified atom stereocenters. The highest BCUT2D eigenvalue weighted by atomic mass is 16.5. The number of amides is 1. The average Bonchev–Trinajstić information content (AvgIpc) is 2.83. The van der Waals surface area contributed by atoms with E-state index >= 15 is 0 Å². The number of benzene rings is 3. The van der Waals surface area contributed by atoms with Crippen LogP contribution in [0.4, 0.5) is 5.69 Å². The lowest BCUT2D eigenvalue weighted by molar-refractivity contribution is -0.123. The minimum atomic E-state index is -1.05. The van der Waals surface area contributed by atoms with Gasteiger partial charge in [-0.2, -0.15) is 0 Å². The van der Waals surface area contributed by atoms with Crippen LogP contribution in [0, 0.1) is 6.92 Å². The number of rotatable bonds is 6. The molecular formula is C28H24N2O4. The van der Waals surface area contributed by atoms with Gasteiger partial charge in [0.25, 0.3) is 5.91 Å². The Hall–Kier alpha value is -4.32. The van der Waals surface area contributed by atoms with Crippen molar-refractivity contribution in [1.29, 1.82) is 0 Å². The molecule has 1 aromatic heterocycles. The molecule has 4 aromatic rings. The Morgan fingerprint density at radius 3 is 2.38 bits per heavy atom. The van der Waals surface area contributed by atoms with Crippen LogP contribution >= 0.6 is 0 Å². The predicted molar refractivity (Wildman–Crippen MR) is 132 cm³/mol. The number of hydrogen-bond donors (Lipinski definition) is 1. The third-order valence-electron chi connectivity index (χ3n) is 5.47. The standard InChI is InChI=1S/C28H24N2O4/c1-17-11-13-20(14-12-17)26-16-24(23-9-4-5-10-25(23)30-26)28(33)34-19(3)27(32)29-22-8-6-7-21(15-22)18(2)31/h4-16,19H,1-3H3,(H,29,32)/t19-/m1/s1. The van der Waals surface area contributed by atoms with Crippen LogP contribution in [0.3, 0.4) is 0 Å². The number of pyridine rings is 1. The van der Waals surface area contributed by atoms with Gasteiger partial charge in [0.05, 0.1) is 16.8 Å². The summed E-state index contributed by atoms with van der Waals surface area (Å²) in [5, 5.41) is 3.34. The fourth-order valence-electron chi connectivity index (χ4n) is 3.55. The summed E-state index contributed by atoms with van der Waals surface area (Å²) in [5.74, 6) is -1.22. The number of carbonyl (C=O) groups is 3. The molecule has 3 aromatic carbocycles. The number of nitrogens with one attached hydrogen (secondary N) is 1. The van der Waals surface area contributed by atoms with E-state index in [1.54, 1.807) is 36.4 Å². The third-order valence-corrected chi connectivity index (χ3v) is 5.47. The summed E-state index contributed by atoms with van der Waals surface area (Å²) >= 11 is 0. The second-order valence-electron chi connectivity index (χ2n) is 8.11. The molecule has 4 rings (SSSR count). The van der Waals surface area contributed by atoms with Gasteiger partial charge >= 0.3 is 5.97 Å². The first-order chi connectivity index (χ1) is 16.3. The SMILES string of the molecule is CC(=O)c1cccc(NC(=O)[C@@H](C)OC(=O)c2cc(-c3ccc(C)cc3)nc3ccccc23)c1. The zero-order chi connectivity index (χ0) is 24.2. The van der Waals surface area contributed by atoms with Crippen molar-refractivity contribution in [1.82, 2.24) is 4.98 Å². The topological polar surface area (TPSA) is 85.4 Å². The lowest BCUT2D eigenvalue weighted by Gasteiger charge is -2.15. The normalized spacial score (nSPS) is 11.6. The maximum absolute atomic E-state index is 13.1. The summed E-state index contributed by atoms with van der Waals surface area (Å²) in [6.45, 7) is 4.96. The van der Waals surface area contributed by atoms with Gasteiger partial charge in [-0.25, -0.2) is 9.78 Å². The van der Waals surface area contributed by atoms with Gasteiger partial charge in [-0.3, -0.25) is 9.59 Å². The smallest absolute Gasteiger partial charge is 0.339 e. The van der Waals surface area contributed by atoms with Gasteiger partial charge < -0.3 is 10.1 Å². The molecule has 0 radical (unpaired) electrons. The van der Waals surface area contributed by atoms with Crippen molar-refractivity contribution in [2.45, 2.75) is 26.9 Å². The molecule has 0 aliphatic heterocycles. The van der Waals surface area contributed by atoms with Crippen LogP contribution in [0.15, 0.2) is 78.9 Å². The number of aryl methyl sites for hydroxylation is 1. The van der Waals surface area contributed by atoms with E-state index in [2.05, 4.69) is 5.32 Å². The molecule has 170 valence electrons. The summed E-state index contributed by atoms with van der Waals surface area (Å²) in [5.41, 5.74) is 4.57. The fraction of sp³-hybridized carbons (Fsp3) is 0.143. The van der Waals surface area contributed by atoms with Gasteiger partial charge in [0.15, 0.2) is 11.9 Å². The van der Waals surface area contributed by atoms with Crippen LogP contribution in [0.1, 0.15) is 40.1 Å². The number of hydrogen-bond acceptors (Lipinski definition) is 5. The number of ketones is 1. The maximum atomic E-state index is 13.1. The second-order valence-corrected chi connectivity index (χ2v) is 8.11. The zero-order valence-electron chi connectivity index (χ0n) is 19.2. The molecule has 0 saturated heterocycles. The van der Waals surface area contributed by atoms with Gasteiger partial charge in [0.2, 0.25) is 0 Å². The van der Waals surface area contributed by atoms with E-state index in [4.69, 9.17) is 9.72 Å². The Labute approximate surface area is 197 Å². The van der Waals surface area contributed by atoms with Crippen LogP contribution < -0.4 is 5.32 Å². The van der Waals surface area contributed by atoms with E-state index in [1.165, 1.54) is 13.8 Å². The molecule has 1 atom stereocenters. The molecule has 0 spiro atoms. The minimum absolute atomic E-state index is 0.107. The molecule has 0 bridgehead atoms. The van der Waals surface area contributed by atoms with Crippen molar-refractivity contribution >= 4 is 34.3 Å². The molecule has 1 N–H and O–H groups in total. The molecule has 0 saturated carbocycles. The van der Waals surface area contributed by atoms with Gasteiger partial charge in [-0.15, -0.1) is 0 Å². The number of para-hydroxylation sites is 1. The summed E-state index contributed by atoms with van der Waals surface area (Å²) in [6.07, 6.45) is -1.05. The van der Waals surface area contributed by atoms with E-state index in [9.17, 15) is 14.4 Å². The number of esters is 1. The maximum Gasteiger partial charge on any atom is 0.339 e. The number of aromatic nitrogens is 1. The number of Topliss-reactive ketones (excluding diaryl/α,β-unsaturated/α-hetero) is 1. The first kappa shape index (κ1) is 22.9. The lowest BCUT2D eigenvalue weighted by atomic mass is 10.0. The van der Waals surface area contributed by atoms with E-state index in [0.717, 1.165) is 11.1 Å². The Morgan fingerprint density at radius 2 is 1.65 bits per heavy atom. The zero-order valence-corrected chi connectivity index (χ0v) is 19.2. The number of nitrogens with zero attached hydrogens (tertiary/aromatic N) is 1. The molecule has 6 nitrogen and oxygen atoms in total. The van der Waals surface area contributed by atoms with Crippen LogP contribution in [0.25, 0.3) is 22.2 Å². The summed E-state index contributed by atoms with van der Waals surface area (Å²) in [6, 6.07) is 23.5. The number of fused-ring (bicyclic) bond motifs is 1. The first-order valence-electron chi connectivity index (χ1n) is 10.9. The average molecular weight is 453 g/mol. The van der Waals surface area contributed by atoms with Gasteiger partial charge in [0.1, 0.15) is 0 Å². The lowest BCUT2D eigenvalue weighted by Crippen LogP contribution is -2.30. The molecular weight excluding hydrogens is 428 g/mol. The summed E-state index contributed by atoms with van der Waals surface area (Å²) in [4.78, 5) is 42.1. The van der Waals surface area contributed by atoms with Crippen molar-refractivity contribution in [2.75, 3.05) is 5.32 Å². The highest BCUT2D eigenvalue weighted by molar-refractivity contribution is 6.06. The number of anilines is 1. The molecule has 34 heavy (non-hydrogen) atoms. The fourth-order valence-corrected chi connectivity index (χ4v) is 3.55. The van der Waals surface area contributed by atoms with Crippen LogP contribution in [0.2, 0.25) is 0 Å². The van der Waals surface area contributed by atoms with E-state index in [0.29, 0.717) is 33.4 Å². The quantitative estimate of drug-likeness (QED) is 0.304. The highest BCUT2D eigenvalue weighted by Gasteiger charge is 2.22. The van der Waals surface area contributed by atoms with Crippen molar-refractivity contribution < 1.29 is 19.1 Å². The Bertz CT molecular complexity index is 1390.